The highest BCUT2D eigenvalue weighted by molar-refractivity contribution is 6.00. The van der Waals surface area contributed by atoms with Crippen LogP contribution < -0.4 is 0 Å². The van der Waals surface area contributed by atoms with Crippen molar-refractivity contribution in [3.63, 3.8) is 0 Å². The molecule has 1 aliphatic heterocycles. The Morgan fingerprint density at radius 2 is 1.52 bits per heavy atom. The van der Waals surface area contributed by atoms with Crippen molar-refractivity contribution in [2.75, 3.05) is 13.2 Å². The first kappa shape index (κ1) is 21.2. The van der Waals surface area contributed by atoms with E-state index >= 15 is 0 Å². The van der Waals surface area contributed by atoms with E-state index in [2.05, 4.69) is 32.9 Å². The van der Waals surface area contributed by atoms with E-state index in [-0.39, 0.29) is 34.7 Å². The van der Waals surface area contributed by atoms with Crippen molar-refractivity contribution in [2.45, 2.75) is 27.2 Å². The van der Waals surface area contributed by atoms with Gasteiger partial charge in [-0.3, -0.25) is 9.59 Å². The van der Waals surface area contributed by atoms with Crippen molar-refractivity contribution in [3.8, 4) is 0 Å². The maximum atomic E-state index is 13.5. The lowest BCUT2D eigenvalue weighted by atomic mass is 9.73. The third-order valence-corrected chi connectivity index (χ3v) is 5.36. The summed E-state index contributed by atoms with van der Waals surface area (Å²) >= 11 is 0. The fourth-order valence-electron chi connectivity index (χ4n) is 3.87. The lowest BCUT2D eigenvalue weighted by molar-refractivity contribution is -0.00757. The van der Waals surface area contributed by atoms with Crippen LogP contribution in [-0.4, -0.2) is 24.8 Å². The molecule has 0 aliphatic carbocycles. The number of hydrogen-bond donors (Lipinski definition) is 0. The number of ketones is 2. The van der Waals surface area contributed by atoms with Crippen LogP contribution in [0.2, 0.25) is 0 Å². The molecule has 0 N–H and O–H groups in total. The first-order chi connectivity index (χ1) is 13.8. The number of benzene rings is 2. The van der Waals surface area contributed by atoms with Crippen LogP contribution in [0.1, 0.15) is 47.9 Å². The van der Waals surface area contributed by atoms with Gasteiger partial charge in [0.25, 0.3) is 0 Å². The Balaban J connectivity index is 1.89. The molecule has 1 fully saturated rings. The molecule has 0 radical (unpaired) electrons. The van der Waals surface area contributed by atoms with Gasteiger partial charge < -0.3 is 4.74 Å². The maximum absolute atomic E-state index is 13.5. The fraction of sp³-hybridized carbons (Fsp3) is 0.385. The number of Topliss-reactive ketones (excluding diaryl/α,β-unsaturated/α-hetero) is 2. The SMILES string of the molecule is CC(C)(C)/C=C/[C@H]1COC[C@@H](CC(=O)c2ccccc2)[C@@H]1C(=O)c1ccccc1. The van der Waals surface area contributed by atoms with Gasteiger partial charge in [-0.15, -0.1) is 0 Å². The Hall–Kier alpha value is -2.52. The number of allylic oxidation sites excluding steroid dienone is 1. The zero-order valence-corrected chi connectivity index (χ0v) is 17.5. The smallest absolute Gasteiger partial charge is 0.166 e. The van der Waals surface area contributed by atoms with Crippen LogP contribution in [0.4, 0.5) is 0 Å². The van der Waals surface area contributed by atoms with E-state index in [0.717, 1.165) is 0 Å². The molecular formula is C26H30O3. The molecule has 2 aromatic carbocycles. The Kier molecular flexibility index (Phi) is 6.81. The lowest BCUT2D eigenvalue weighted by Gasteiger charge is -2.36. The predicted molar refractivity (Wildman–Crippen MR) is 116 cm³/mol. The van der Waals surface area contributed by atoms with Crippen LogP contribution in [0.5, 0.6) is 0 Å². The molecule has 1 saturated heterocycles. The highest BCUT2D eigenvalue weighted by atomic mass is 16.5. The second-order valence-corrected chi connectivity index (χ2v) is 8.94. The average molecular weight is 391 g/mol. The van der Waals surface area contributed by atoms with Crippen molar-refractivity contribution in [2.24, 2.45) is 23.2 Å². The second-order valence-electron chi connectivity index (χ2n) is 8.94. The monoisotopic (exact) mass is 390 g/mol. The fourth-order valence-corrected chi connectivity index (χ4v) is 3.87. The molecule has 0 unspecified atom stereocenters. The minimum absolute atomic E-state index is 0.0210. The molecule has 0 spiro atoms. The highest BCUT2D eigenvalue weighted by Gasteiger charge is 2.39. The zero-order chi connectivity index (χ0) is 20.9. The molecule has 3 atom stereocenters. The maximum Gasteiger partial charge on any atom is 0.166 e. The van der Waals surface area contributed by atoms with Gasteiger partial charge in [-0.05, 0) is 5.41 Å². The van der Waals surface area contributed by atoms with Crippen LogP contribution in [0.3, 0.4) is 0 Å². The van der Waals surface area contributed by atoms with Crippen LogP contribution in [0.25, 0.3) is 0 Å². The van der Waals surface area contributed by atoms with E-state index in [0.29, 0.717) is 30.8 Å². The van der Waals surface area contributed by atoms with Gasteiger partial charge in [-0.1, -0.05) is 93.6 Å². The number of carbonyl (C=O) groups is 2. The van der Waals surface area contributed by atoms with E-state index in [1.54, 1.807) is 0 Å². The Labute approximate surface area is 173 Å². The Morgan fingerprint density at radius 1 is 0.931 bits per heavy atom. The zero-order valence-electron chi connectivity index (χ0n) is 17.5. The van der Waals surface area contributed by atoms with E-state index in [9.17, 15) is 9.59 Å². The summed E-state index contributed by atoms with van der Waals surface area (Å²) in [5.41, 5.74) is 1.41. The summed E-state index contributed by atoms with van der Waals surface area (Å²) < 4.78 is 5.86. The summed E-state index contributed by atoms with van der Waals surface area (Å²) in [7, 11) is 0. The van der Waals surface area contributed by atoms with Crippen LogP contribution >= 0.6 is 0 Å². The summed E-state index contributed by atoms with van der Waals surface area (Å²) in [5.74, 6) is -0.283. The summed E-state index contributed by atoms with van der Waals surface area (Å²) in [4.78, 5) is 26.3. The molecular weight excluding hydrogens is 360 g/mol. The van der Waals surface area contributed by atoms with Crippen molar-refractivity contribution in [1.29, 1.82) is 0 Å². The molecule has 3 nitrogen and oxygen atoms in total. The summed E-state index contributed by atoms with van der Waals surface area (Å²) in [6.45, 7) is 7.35. The molecule has 0 saturated carbocycles. The number of hydrogen-bond acceptors (Lipinski definition) is 3. The lowest BCUT2D eigenvalue weighted by Crippen LogP contribution is -2.41. The van der Waals surface area contributed by atoms with E-state index in [4.69, 9.17) is 4.74 Å². The third-order valence-electron chi connectivity index (χ3n) is 5.36. The topological polar surface area (TPSA) is 43.4 Å². The molecule has 29 heavy (non-hydrogen) atoms. The standard InChI is InChI=1S/C26H30O3/c1-26(2,3)15-14-21-17-29-18-22(16-23(27)19-10-6-4-7-11-19)24(21)25(28)20-12-8-5-9-13-20/h4-15,21-22,24H,16-18H2,1-3H3/b15-14+/t21-,22+,24+/m0/s1. The van der Waals surface area contributed by atoms with Crippen molar-refractivity contribution < 1.29 is 14.3 Å². The molecule has 152 valence electrons. The highest BCUT2D eigenvalue weighted by Crippen LogP contribution is 2.35. The van der Waals surface area contributed by atoms with Crippen LogP contribution in [0.15, 0.2) is 72.8 Å². The van der Waals surface area contributed by atoms with Gasteiger partial charge in [-0.2, -0.15) is 0 Å². The number of ether oxygens (including phenoxy) is 1. The second kappa shape index (κ2) is 9.32. The quantitative estimate of drug-likeness (QED) is 0.475. The van der Waals surface area contributed by atoms with E-state index in [1.165, 1.54) is 0 Å². The molecule has 1 aliphatic rings. The van der Waals surface area contributed by atoms with Crippen molar-refractivity contribution in [3.05, 3.63) is 83.9 Å². The van der Waals surface area contributed by atoms with Gasteiger partial charge in [-0.25, -0.2) is 0 Å². The van der Waals surface area contributed by atoms with Crippen molar-refractivity contribution >= 4 is 11.6 Å². The molecule has 3 rings (SSSR count). The minimum Gasteiger partial charge on any atom is -0.380 e. The van der Waals surface area contributed by atoms with Gasteiger partial charge in [0.1, 0.15) is 0 Å². The first-order valence-corrected chi connectivity index (χ1v) is 10.3. The number of carbonyl (C=O) groups excluding carboxylic acids is 2. The third kappa shape index (κ3) is 5.74. The van der Waals surface area contributed by atoms with Gasteiger partial charge in [0.05, 0.1) is 13.2 Å². The Morgan fingerprint density at radius 3 is 2.10 bits per heavy atom. The normalized spacial score (nSPS) is 22.5. The number of rotatable bonds is 6. The van der Waals surface area contributed by atoms with E-state index in [1.807, 2.05) is 60.7 Å². The van der Waals surface area contributed by atoms with Gasteiger partial charge in [0.15, 0.2) is 11.6 Å². The van der Waals surface area contributed by atoms with Gasteiger partial charge >= 0.3 is 0 Å². The van der Waals surface area contributed by atoms with Gasteiger partial charge in [0, 0.05) is 35.3 Å². The van der Waals surface area contributed by atoms with Gasteiger partial charge in [0.2, 0.25) is 0 Å². The molecule has 2 aromatic rings. The predicted octanol–water partition coefficient (Wildman–Crippen LogP) is 5.62. The summed E-state index contributed by atoms with van der Waals surface area (Å²) in [5, 5.41) is 0. The molecule has 3 heteroatoms. The minimum atomic E-state index is -0.266. The van der Waals surface area contributed by atoms with Crippen LogP contribution in [0, 0.1) is 23.2 Å². The van der Waals surface area contributed by atoms with E-state index < -0.39 is 0 Å². The van der Waals surface area contributed by atoms with Crippen molar-refractivity contribution in [1.82, 2.24) is 0 Å². The average Bonchev–Trinajstić information content (AvgIpc) is 2.72. The first-order valence-electron chi connectivity index (χ1n) is 10.3. The summed E-state index contributed by atoms with van der Waals surface area (Å²) in [6.07, 6.45) is 4.57. The Bertz CT molecular complexity index is 847. The largest absolute Gasteiger partial charge is 0.380 e. The molecule has 0 aromatic heterocycles. The molecule has 0 amide bonds. The van der Waals surface area contributed by atoms with Crippen LogP contribution in [-0.2, 0) is 4.74 Å². The molecule has 1 heterocycles. The summed E-state index contributed by atoms with van der Waals surface area (Å²) in [6, 6.07) is 18.7. The molecule has 0 bridgehead atoms.